The fourth-order valence-electron chi connectivity index (χ4n) is 5.71. The normalized spacial score (nSPS) is 27.7. The fourth-order valence-corrected chi connectivity index (χ4v) is 7.41. The molecule has 36 heavy (non-hydrogen) atoms. The van der Waals surface area contributed by atoms with Crippen molar-refractivity contribution >= 4 is 16.0 Å². The van der Waals surface area contributed by atoms with Gasteiger partial charge in [-0.1, -0.05) is 6.42 Å². The zero-order chi connectivity index (χ0) is 25.9. The summed E-state index contributed by atoms with van der Waals surface area (Å²) in [6, 6.07) is 2.13. The van der Waals surface area contributed by atoms with Gasteiger partial charge in [0, 0.05) is 31.1 Å². The Morgan fingerprint density at radius 3 is 2.67 bits per heavy atom. The number of hydrogen-bond acceptors (Lipinski definition) is 6. The number of aliphatic carboxylic acids is 1. The lowest BCUT2D eigenvalue weighted by atomic mass is 9.85. The fraction of sp³-hybridized carbons (Fsp3) is 0.760. The number of rotatable bonds is 9. The number of aryl methyl sites for hydroxylation is 1. The van der Waals surface area contributed by atoms with Crippen molar-refractivity contribution < 1.29 is 31.8 Å². The van der Waals surface area contributed by atoms with Crippen molar-refractivity contribution in [1.29, 1.82) is 0 Å². The van der Waals surface area contributed by atoms with Gasteiger partial charge in [-0.2, -0.15) is 4.31 Å². The summed E-state index contributed by atoms with van der Waals surface area (Å²) in [4.78, 5) is 15.9. The average Bonchev–Trinajstić information content (AvgIpc) is 3.32. The number of sulfonamides is 1. The molecule has 11 heteroatoms. The monoisotopic (exact) mass is 529 g/mol. The molecule has 0 spiro atoms. The molecule has 0 bridgehead atoms. The quantitative estimate of drug-likeness (QED) is 0.495. The van der Waals surface area contributed by atoms with Crippen molar-refractivity contribution in [2.45, 2.75) is 107 Å². The van der Waals surface area contributed by atoms with Crippen LogP contribution in [-0.4, -0.2) is 66.0 Å². The molecule has 1 aromatic rings. The van der Waals surface area contributed by atoms with Gasteiger partial charge in [0.05, 0.1) is 0 Å². The second-order valence-corrected chi connectivity index (χ2v) is 12.4. The molecule has 0 aromatic carbocycles. The number of carbonyl (C=O) groups is 1. The molecule has 2 N–H and O–H groups in total. The highest BCUT2D eigenvalue weighted by molar-refractivity contribution is 7.89. The second kappa shape index (κ2) is 11.3. The summed E-state index contributed by atoms with van der Waals surface area (Å²) in [7, 11) is -4.08. The predicted molar refractivity (Wildman–Crippen MR) is 130 cm³/mol. The topological polar surface area (TPSA) is 109 Å². The molecule has 4 rings (SSSR count). The minimum absolute atomic E-state index is 0.0398. The molecular weight excluding hydrogens is 492 g/mol. The van der Waals surface area contributed by atoms with E-state index in [9.17, 15) is 27.1 Å². The van der Waals surface area contributed by atoms with Crippen LogP contribution in [0.2, 0.25) is 0 Å². The van der Waals surface area contributed by atoms with Gasteiger partial charge >= 0.3 is 5.97 Å². The number of carboxylic acids is 1. The summed E-state index contributed by atoms with van der Waals surface area (Å²) >= 11 is 0. The Morgan fingerprint density at radius 1 is 1.19 bits per heavy atom. The first-order chi connectivity index (χ1) is 17.0. The van der Waals surface area contributed by atoms with Crippen LogP contribution in [-0.2, 0) is 14.8 Å². The Hall–Kier alpha value is -1.85. The van der Waals surface area contributed by atoms with Gasteiger partial charge in [-0.15, -0.1) is 0 Å². The van der Waals surface area contributed by atoms with Crippen LogP contribution in [0, 0.1) is 12.8 Å². The Kier molecular flexibility index (Phi) is 8.51. The van der Waals surface area contributed by atoms with Gasteiger partial charge in [0.25, 0.3) is 0 Å². The van der Waals surface area contributed by atoms with Crippen molar-refractivity contribution in [1.82, 2.24) is 14.6 Å². The maximum Gasteiger partial charge on any atom is 0.322 e. The van der Waals surface area contributed by atoms with E-state index >= 15 is 0 Å². The average molecular weight is 530 g/mol. The van der Waals surface area contributed by atoms with E-state index in [1.165, 1.54) is 6.07 Å². The number of ether oxygens (including phenoxy) is 1. The van der Waals surface area contributed by atoms with Crippen LogP contribution in [0.25, 0.3) is 0 Å². The number of aromatic nitrogens is 1. The molecule has 0 radical (unpaired) electrons. The molecule has 3 aliphatic rings. The van der Waals surface area contributed by atoms with Gasteiger partial charge in [0.1, 0.15) is 17.0 Å². The number of hydrogen-bond donors (Lipinski definition) is 2. The highest BCUT2D eigenvalue weighted by Crippen LogP contribution is 2.35. The number of nitrogens with one attached hydrogen (secondary N) is 1. The van der Waals surface area contributed by atoms with E-state index in [1.807, 2.05) is 0 Å². The lowest BCUT2D eigenvalue weighted by Gasteiger charge is -2.32. The van der Waals surface area contributed by atoms with Crippen molar-refractivity contribution in [2.75, 3.05) is 13.1 Å². The third-order valence-electron chi connectivity index (χ3n) is 7.76. The summed E-state index contributed by atoms with van der Waals surface area (Å²) in [5.41, 5.74) is 0.620. The van der Waals surface area contributed by atoms with E-state index in [0.717, 1.165) is 43.0 Å². The standard InChI is InChI=1S/C25H37F2N3O5S/c1-17-7-8-22(36(33,34)30-15-3-6-21(30)24(31)32)23(29-17)35-20-5-2-4-18(16-20)11-14-28-19-9-12-25(26,27)13-10-19/h7-8,18-21,28H,2-6,9-16H2,1H3,(H,31,32)/t18-,20-,21+/m1/s1. The van der Waals surface area contributed by atoms with Crippen molar-refractivity contribution in [2.24, 2.45) is 5.92 Å². The molecule has 1 saturated heterocycles. The molecule has 2 aliphatic carbocycles. The van der Waals surface area contributed by atoms with E-state index < -0.39 is 28.0 Å². The summed E-state index contributed by atoms with van der Waals surface area (Å²) in [6.45, 7) is 2.68. The van der Waals surface area contributed by atoms with Crippen molar-refractivity contribution in [3.63, 3.8) is 0 Å². The molecule has 0 amide bonds. The lowest BCUT2D eigenvalue weighted by Crippen LogP contribution is -2.40. The molecule has 2 saturated carbocycles. The summed E-state index contributed by atoms with van der Waals surface area (Å²) in [5, 5.41) is 12.9. The second-order valence-electron chi connectivity index (χ2n) is 10.5. The molecule has 1 aromatic heterocycles. The molecule has 0 unspecified atom stereocenters. The molecule has 2 heterocycles. The minimum atomic E-state index is -4.08. The SMILES string of the molecule is Cc1ccc(S(=O)(=O)N2CCC[C@H]2C(=O)O)c(O[C@@H]2CCC[C@H](CCNC3CCC(F)(F)CC3)C2)n1. The highest BCUT2D eigenvalue weighted by Gasteiger charge is 2.41. The van der Waals surface area contributed by atoms with Crippen LogP contribution in [0.4, 0.5) is 8.78 Å². The van der Waals surface area contributed by atoms with Crippen molar-refractivity contribution in [3.05, 3.63) is 17.8 Å². The van der Waals surface area contributed by atoms with Gasteiger partial charge in [-0.05, 0) is 82.9 Å². The third kappa shape index (κ3) is 6.52. The van der Waals surface area contributed by atoms with Crippen LogP contribution in [0.5, 0.6) is 5.88 Å². The van der Waals surface area contributed by atoms with Crippen LogP contribution in [0.1, 0.15) is 76.3 Å². The Morgan fingerprint density at radius 2 is 1.94 bits per heavy atom. The van der Waals surface area contributed by atoms with E-state index in [0.29, 0.717) is 30.9 Å². The van der Waals surface area contributed by atoms with Crippen molar-refractivity contribution in [3.8, 4) is 5.88 Å². The van der Waals surface area contributed by atoms with E-state index in [1.54, 1.807) is 13.0 Å². The first-order valence-electron chi connectivity index (χ1n) is 13.1. The molecule has 1 aliphatic heterocycles. The minimum Gasteiger partial charge on any atom is -0.480 e. The van der Waals surface area contributed by atoms with E-state index in [2.05, 4.69) is 10.3 Å². The molecular formula is C25H37F2N3O5S. The summed E-state index contributed by atoms with van der Waals surface area (Å²) in [5.74, 6) is -3.24. The van der Waals surface area contributed by atoms with Gasteiger partial charge in [-0.3, -0.25) is 4.79 Å². The maximum atomic E-state index is 13.4. The van der Waals surface area contributed by atoms with Gasteiger partial charge < -0.3 is 15.2 Å². The summed E-state index contributed by atoms with van der Waals surface area (Å²) in [6.07, 6.45) is 5.95. The predicted octanol–water partition coefficient (Wildman–Crippen LogP) is 4.12. The Bertz CT molecular complexity index is 1030. The molecule has 8 nitrogen and oxygen atoms in total. The number of nitrogens with zero attached hydrogens (tertiary/aromatic N) is 2. The smallest absolute Gasteiger partial charge is 0.322 e. The van der Waals surface area contributed by atoms with Crippen LogP contribution in [0.3, 0.4) is 0 Å². The van der Waals surface area contributed by atoms with Gasteiger partial charge in [0.15, 0.2) is 0 Å². The summed E-state index contributed by atoms with van der Waals surface area (Å²) < 4.78 is 60.8. The molecule has 3 fully saturated rings. The third-order valence-corrected chi connectivity index (χ3v) is 9.68. The van der Waals surface area contributed by atoms with Gasteiger partial charge in [-0.25, -0.2) is 22.2 Å². The largest absolute Gasteiger partial charge is 0.480 e. The van der Waals surface area contributed by atoms with Gasteiger partial charge in [0.2, 0.25) is 21.8 Å². The zero-order valence-corrected chi connectivity index (χ0v) is 21.6. The van der Waals surface area contributed by atoms with E-state index in [4.69, 9.17) is 4.74 Å². The molecule has 202 valence electrons. The maximum absolute atomic E-state index is 13.4. The van der Waals surface area contributed by atoms with Crippen LogP contribution < -0.4 is 10.1 Å². The number of pyridine rings is 1. The van der Waals surface area contributed by atoms with Crippen LogP contribution in [0.15, 0.2) is 17.0 Å². The molecule has 3 atom stereocenters. The zero-order valence-electron chi connectivity index (χ0n) is 20.8. The first-order valence-corrected chi connectivity index (χ1v) is 14.5. The Labute approximate surface area is 211 Å². The Balaban J connectivity index is 1.37. The first kappa shape index (κ1) is 27.2. The lowest BCUT2D eigenvalue weighted by molar-refractivity contribution is -0.140. The van der Waals surface area contributed by atoms with E-state index in [-0.39, 0.29) is 48.7 Å². The number of alkyl halides is 2. The number of carboxylic acid groups (broad SMARTS) is 1. The number of halogens is 2. The van der Waals surface area contributed by atoms with Crippen LogP contribution >= 0.6 is 0 Å². The highest BCUT2D eigenvalue weighted by atomic mass is 32.2.